The Kier molecular flexibility index (Phi) is 3.91. The molecule has 0 atom stereocenters. The molecule has 18 heavy (non-hydrogen) atoms. The highest BCUT2D eigenvalue weighted by Gasteiger charge is 2.02. The van der Waals surface area contributed by atoms with Gasteiger partial charge >= 0.3 is 0 Å². The predicted octanol–water partition coefficient (Wildman–Crippen LogP) is 2.66. The van der Waals surface area contributed by atoms with Crippen LogP contribution in [0.1, 0.15) is 11.4 Å². The third-order valence-corrected chi connectivity index (χ3v) is 2.42. The summed E-state index contributed by atoms with van der Waals surface area (Å²) in [4.78, 5) is 8.23. The number of ether oxygens (including phenoxy) is 2. The van der Waals surface area contributed by atoms with Crippen molar-refractivity contribution < 1.29 is 9.47 Å². The van der Waals surface area contributed by atoms with Gasteiger partial charge in [-0.1, -0.05) is 12.1 Å². The van der Waals surface area contributed by atoms with Gasteiger partial charge in [0, 0.05) is 12.4 Å². The minimum atomic E-state index is 0.673. The van der Waals surface area contributed by atoms with Crippen molar-refractivity contribution in [1.82, 2.24) is 9.97 Å². The fraction of sp³-hybridized carbons (Fsp3) is 0.143. The van der Waals surface area contributed by atoms with Crippen LogP contribution in [0.2, 0.25) is 0 Å². The van der Waals surface area contributed by atoms with Crippen LogP contribution in [0.15, 0.2) is 36.7 Å². The summed E-state index contributed by atoms with van der Waals surface area (Å²) in [6, 6.07) is 7.50. The van der Waals surface area contributed by atoms with Gasteiger partial charge in [0.25, 0.3) is 0 Å². The zero-order chi connectivity index (χ0) is 12.8. The first-order valence-corrected chi connectivity index (χ1v) is 5.50. The first kappa shape index (κ1) is 12.1. The molecule has 1 heterocycles. The lowest BCUT2D eigenvalue weighted by molar-refractivity contribution is 0.355. The van der Waals surface area contributed by atoms with E-state index in [9.17, 15) is 0 Å². The van der Waals surface area contributed by atoms with Gasteiger partial charge in [0.05, 0.1) is 14.2 Å². The van der Waals surface area contributed by atoms with Crippen molar-refractivity contribution >= 4 is 12.2 Å². The van der Waals surface area contributed by atoms with Crippen LogP contribution in [0.25, 0.3) is 12.2 Å². The molecule has 0 bridgehead atoms. The normalized spacial score (nSPS) is 10.6. The fourth-order valence-corrected chi connectivity index (χ4v) is 1.52. The van der Waals surface area contributed by atoms with E-state index in [2.05, 4.69) is 9.97 Å². The minimum Gasteiger partial charge on any atom is -0.493 e. The lowest BCUT2D eigenvalue weighted by Crippen LogP contribution is -1.90. The Morgan fingerprint density at radius 1 is 0.944 bits per heavy atom. The number of rotatable bonds is 4. The summed E-state index contributed by atoms with van der Waals surface area (Å²) < 4.78 is 10.4. The Labute approximate surface area is 106 Å². The molecule has 0 saturated heterocycles. The fourth-order valence-electron chi connectivity index (χ4n) is 1.52. The van der Waals surface area contributed by atoms with Crippen molar-refractivity contribution in [1.29, 1.82) is 0 Å². The lowest BCUT2D eigenvalue weighted by atomic mass is 10.2. The molecule has 2 aromatic rings. The van der Waals surface area contributed by atoms with Crippen molar-refractivity contribution in [3.8, 4) is 11.5 Å². The number of methoxy groups -OCH3 is 2. The molecule has 0 radical (unpaired) electrons. The largest absolute Gasteiger partial charge is 0.493 e. The number of hydrogen-bond acceptors (Lipinski definition) is 4. The molecule has 0 unspecified atom stereocenters. The Morgan fingerprint density at radius 3 is 2.33 bits per heavy atom. The molecule has 0 amide bonds. The van der Waals surface area contributed by atoms with E-state index in [1.807, 2.05) is 30.4 Å². The van der Waals surface area contributed by atoms with E-state index in [4.69, 9.17) is 9.47 Å². The van der Waals surface area contributed by atoms with E-state index < -0.39 is 0 Å². The molecular weight excluding hydrogens is 228 g/mol. The van der Waals surface area contributed by atoms with Gasteiger partial charge in [-0.05, 0) is 29.8 Å². The highest BCUT2D eigenvalue weighted by atomic mass is 16.5. The Morgan fingerprint density at radius 2 is 1.67 bits per heavy atom. The molecule has 0 saturated carbocycles. The SMILES string of the molecule is COc1ccc(C=Cc2ncccn2)cc1OC. The van der Waals surface area contributed by atoms with Crippen molar-refractivity contribution in [2.24, 2.45) is 0 Å². The van der Waals surface area contributed by atoms with E-state index in [0.717, 1.165) is 5.56 Å². The minimum absolute atomic E-state index is 0.673. The maximum atomic E-state index is 5.24. The summed E-state index contributed by atoms with van der Waals surface area (Å²) in [5.74, 6) is 2.09. The number of nitrogens with zero attached hydrogens (tertiary/aromatic N) is 2. The van der Waals surface area contributed by atoms with Gasteiger partial charge in [0.1, 0.15) is 0 Å². The van der Waals surface area contributed by atoms with Crippen LogP contribution < -0.4 is 9.47 Å². The van der Waals surface area contributed by atoms with Gasteiger partial charge in [-0.3, -0.25) is 0 Å². The first-order chi connectivity index (χ1) is 8.83. The van der Waals surface area contributed by atoms with Gasteiger partial charge in [-0.15, -0.1) is 0 Å². The summed E-state index contributed by atoms with van der Waals surface area (Å²) in [5.41, 5.74) is 1.00. The van der Waals surface area contributed by atoms with E-state index in [0.29, 0.717) is 17.3 Å². The predicted molar refractivity (Wildman–Crippen MR) is 70.5 cm³/mol. The molecule has 0 aliphatic heterocycles. The maximum absolute atomic E-state index is 5.24. The molecule has 0 aliphatic carbocycles. The average Bonchev–Trinajstić information content (AvgIpc) is 2.45. The zero-order valence-corrected chi connectivity index (χ0v) is 10.3. The Balaban J connectivity index is 2.22. The highest BCUT2D eigenvalue weighted by Crippen LogP contribution is 2.28. The van der Waals surface area contributed by atoms with E-state index >= 15 is 0 Å². The highest BCUT2D eigenvalue weighted by molar-refractivity contribution is 5.68. The molecule has 4 nitrogen and oxygen atoms in total. The molecule has 2 rings (SSSR count). The molecule has 4 heteroatoms. The van der Waals surface area contributed by atoms with E-state index in [-0.39, 0.29) is 0 Å². The first-order valence-electron chi connectivity index (χ1n) is 5.50. The number of benzene rings is 1. The zero-order valence-electron chi connectivity index (χ0n) is 10.3. The smallest absolute Gasteiger partial charge is 0.161 e. The van der Waals surface area contributed by atoms with Gasteiger partial charge in [0.15, 0.2) is 17.3 Å². The van der Waals surface area contributed by atoms with Crippen LogP contribution in [0.3, 0.4) is 0 Å². The molecule has 92 valence electrons. The molecule has 0 aliphatic rings. The van der Waals surface area contributed by atoms with Crippen molar-refractivity contribution in [3.05, 3.63) is 48.0 Å². The van der Waals surface area contributed by atoms with Crippen LogP contribution in [0, 0.1) is 0 Å². The second-order valence-electron chi connectivity index (χ2n) is 3.55. The van der Waals surface area contributed by atoms with E-state index in [1.54, 1.807) is 32.7 Å². The molecule has 0 spiro atoms. The molecular formula is C14H14N2O2. The van der Waals surface area contributed by atoms with Gasteiger partial charge in [-0.2, -0.15) is 0 Å². The molecule has 0 fully saturated rings. The van der Waals surface area contributed by atoms with Crippen molar-refractivity contribution in [2.75, 3.05) is 14.2 Å². The standard InChI is InChI=1S/C14H14N2O2/c1-17-12-6-4-11(10-13(12)18-2)5-7-14-15-8-3-9-16-14/h3-10H,1-2H3. The summed E-state index contributed by atoms with van der Waals surface area (Å²) >= 11 is 0. The second-order valence-corrected chi connectivity index (χ2v) is 3.55. The Bertz CT molecular complexity index is 539. The molecule has 0 N–H and O–H groups in total. The topological polar surface area (TPSA) is 44.2 Å². The average molecular weight is 242 g/mol. The number of hydrogen-bond donors (Lipinski definition) is 0. The van der Waals surface area contributed by atoms with Crippen molar-refractivity contribution in [3.63, 3.8) is 0 Å². The van der Waals surface area contributed by atoms with Crippen LogP contribution in [0.5, 0.6) is 11.5 Å². The third kappa shape index (κ3) is 2.85. The quantitative estimate of drug-likeness (QED) is 0.826. The monoisotopic (exact) mass is 242 g/mol. The van der Waals surface area contributed by atoms with Gasteiger partial charge < -0.3 is 9.47 Å². The van der Waals surface area contributed by atoms with Gasteiger partial charge in [-0.25, -0.2) is 9.97 Å². The summed E-state index contributed by atoms with van der Waals surface area (Å²) in [6.45, 7) is 0. The van der Waals surface area contributed by atoms with Crippen LogP contribution in [-0.2, 0) is 0 Å². The third-order valence-electron chi connectivity index (χ3n) is 2.42. The maximum Gasteiger partial charge on any atom is 0.161 e. The van der Waals surface area contributed by atoms with Crippen LogP contribution >= 0.6 is 0 Å². The summed E-state index contributed by atoms with van der Waals surface area (Å²) in [5, 5.41) is 0. The number of aromatic nitrogens is 2. The van der Waals surface area contributed by atoms with Crippen molar-refractivity contribution in [2.45, 2.75) is 0 Å². The molecule has 1 aromatic carbocycles. The van der Waals surface area contributed by atoms with Crippen LogP contribution in [0.4, 0.5) is 0 Å². The lowest BCUT2D eigenvalue weighted by Gasteiger charge is -2.07. The summed E-state index contributed by atoms with van der Waals surface area (Å²) in [6.07, 6.45) is 7.20. The Hall–Kier alpha value is -2.36. The molecule has 1 aromatic heterocycles. The van der Waals surface area contributed by atoms with E-state index in [1.165, 1.54) is 0 Å². The summed E-state index contributed by atoms with van der Waals surface area (Å²) in [7, 11) is 3.23. The van der Waals surface area contributed by atoms with Crippen LogP contribution in [-0.4, -0.2) is 24.2 Å². The second kappa shape index (κ2) is 5.82. The van der Waals surface area contributed by atoms with Gasteiger partial charge in [0.2, 0.25) is 0 Å².